The number of para-hydroxylation sites is 1. The van der Waals surface area contributed by atoms with Crippen molar-refractivity contribution in [1.29, 1.82) is 0 Å². The number of fused-ring (bicyclic) bond motifs is 1. The Morgan fingerprint density at radius 1 is 1.55 bits per heavy atom. The third-order valence-corrected chi connectivity index (χ3v) is 4.21. The minimum atomic E-state index is -0.193. The molecule has 2 aromatic rings. The molecule has 0 saturated carbocycles. The number of thiazole rings is 1. The second-order valence-electron chi connectivity index (χ2n) is 4.70. The van der Waals surface area contributed by atoms with Crippen molar-refractivity contribution in [3.63, 3.8) is 0 Å². The van der Waals surface area contributed by atoms with Gasteiger partial charge in [0.2, 0.25) is 5.91 Å². The van der Waals surface area contributed by atoms with Gasteiger partial charge in [0.25, 0.3) is 0 Å². The van der Waals surface area contributed by atoms with Gasteiger partial charge in [-0.1, -0.05) is 18.2 Å². The monoisotopic (exact) mass is 289 g/mol. The Hall–Kier alpha value is -1.72. The van der Waals surface area contributed by atoms with Crippen LogP contribution in [0.5, 0.6) is 0 Å². The number of aromatic nitrogens is 1. The van der Waals surface area contributed by atoms with Crippen molar-refractivity contribution < 1.29 is 4.79 Å². The van der Waals surface area contributed by atoms with Crippen molar-refractivity contribution in [2.75, 3.05) is 13.6 Å². The normalized spacial score (nSPS) is 12.6. The van der Waals surface area contributed by atoms with Crippen LogP contribution in [-0.2, 0) is 11.3 Å². The van der Waals surface area contributed by atoms with Gasteiger partial charge in [0, 0.05) is 6.54 Å². The molecule has 1 aromatic carbocycles. The highest BCUT2D eigenvalue weighted by atomic mass is 32.1. The van der Waals surface area contributed by atoms with E-state index in [1.54, 1.807) is 17.4 Å². The first-order valence-corrected chi connectivity index (χ1v) is 7.36. The first-order valence-electron chi connectivity index (χ1n) is 6.55. The van der Waals surface area contributed by atoms with E-state index in [0.717, 1.165) is 10.5 Å². The zero-order chi connectivity index (χ0) is 14.5. The summed E-state index contributed by atoms with van der Waals surface area (Å²) in [5.41, 5.74) is 1.02. The van der Waals surface area contributed by atoms with Crippen molar-refractivity contribution >= 4 is 27.5 Å². The van der Waals surface area contributed by atoms with Crippen LogP contribution >= 0.6 is 11.3 Å². The molecule has 20 heavy (non-hydrogen) atoms. The topological polar surface area (TPSA) is 45.2 Å². The molecule has 0 aliphatic heterocycles. The maximum absolute atomic E-state index is 11.9. The minimum Gasteiger partial charge on any atom is -0.351 e. The molecule has 0 unspecified atom stereocenters. The molecule has 0 aliphatic carbocycles. The second kappa shape index (κ2) is 6.63. The van der Waals surface area contributed by atoms with Crippen molar-refractivity contribution in [3.8, 4) is 0 Å². The van der Waals surface area contributed by atoms with Gasteiger partial charge in [-0.2, -0.15) is 0 Å². The maximum Gasteiger partial charge on any atom is 0.237 e. The van der Waals surface area contributed by atoms with Crippen LogP contribution in [0.4, 0.5) is 0 Å². The average molecular weight is 289 g/mol. The number of hydrogen-bond acceptors (Lipinski definition) is 4. The molecular weight excluding hydrogens is 270 g/mol. The molecule has 1 amide bonds. The molecule has 1 aromatic heterocycles. The van der Waals surface area contributed by atoms with E-state index < -0.39 is 0 Å². The van der Waals surface area contributed by atoms with Gasteiger partial charge in [-0.05, 0) is 26.1 Å². The van der Waals surface area contributed by atoms with Crippen LogP contribution in [0, 0.1) is 0 Å². The number of nitrogens with one attached hydrogen (secondary N) is 1. The average Bonchev–Trinajstić information content (AvgIpc) is 2.85. The number of carbonyl (C=O) groups is 1. The molecule has 0 aliphatic rings. The van der Waals surface area contributed by atoms with Gasteiger partial charge in [-0.25, -0.2) is 4.98 Å². The van der Waals surface area contributed by atoms with E-state index >= 15 is 0 Å². The van der Waals surface area contributed by atoms with Crippen molar-refractivity contribution in [3.05, 3.63) is 41.9 Å². The maximum atomic E-state index is 11.9. The minimum absolute atomic E-state index is 0.00788. The first kappa shape index (κ1) is 14.7. The van der Waals surface area contributed by atoms with Crippen LogP contribution in [0.25, 0.3) is 10.2 Å². The quantitative estimate of drug-likeness (QED) is 0.831. The summed E-state index contributed by atoms with van der Waals surface area (Å²) in [7, 11) is 1.93. The number of hydrogen-bond donors (Lipinski definition) is 1. The third kappa shape index (κ3) is 3.43. The highest BCUT2D eigenvalue weighted by molar-refractivity contribution is 7.18. The van der Waals surface area contributed by atoms with Crippen molar-refractivity contribution in [2.24, 2.45) is 0 Å². The fraction of sp³-hybridized carbons (Fsp3) is 0.333. The molecule has 0 bridgehead atoms. The summed E-state index contributed by atoms with van der Waals surface area (Å²) >= 11 is 1.67. The van der Waals surface area contributed by atoms with Gasteiger partial charge in [0.05, 0.1) is 22.8 Å². The van der Waals surface area contributed by atoms with Gasteiger partial charge in [0.15, 0.2) is 0 Å². The van der Waals surface area contributed by atoms with Crippen molar-refractivity contribution in [1.82, 2.24) is 15.2 Å². The lowest BCUT2D eigenvalue weighted by Crippen LogP contribution is -2.42. The fourth-order valence-electron chi connectivity index (χ4n) is 1.86. The van der Waals surface area contributed by atoms with E-state index in [0.29, 0.717) is 13.1 Å². The highest BCUT2D eigenvalue weighted by Gasteiger charge is 2.18. The molecule has 0 radical (unpaired) electrons. The molecule has 106 valence electrons. The summed E-state index contributed by atoms with van der Waals surface area (Å²) in [5.74, 6) is 0.00788. The Kier molecular flexibility index (Phi) is 4.87. The molecule has 1 N–H and O–H groups in total. The molecule has 2 rings (SSSR count). The number of likely N-dealkylation sites (N-methyl/N-ethyl adjacent to an activating group) is 1. The highest BCUT2D eigenvalue weighted by Crippen LogP contribution is 2.22. The predicted octanol–water partition coefficient (Wildman–Crippen LogP) is 2.42. The van der Waals surface area contributed by atoms with Gasteiger partial charge >= 0.3 is 0 Å². The summed E-state index contributed by atoms with van der Waals surface area (Å²) in [6, 6.07) is 7.88. The van der Waals surface area contributed by atoms with Gasteiger partial charge < -0.3 is 5.32 Å². The molecule has 1 heterocycles. The van der Waals surface area contributed by atoms with Gasteiger partial charge in [0.1, 0.15) is 5.01 Å². The summed E-state index contributed by atoms with van der Waals surface area (Å²) in [6.07, 6.45) is 1.68. The lowest BCUT2D eigenvalue weighted by atomic mass is 10.2. The predicted molar refractivity (Wildman–Crippen MR) is 83.8 cm³/mol. The molecule has 4 nitrogen and oxygen atoms in total. The Morgan fingerprint density at radius 2 is 2.30 bits per heavy atom. The molecule has 5 heteroatoms. The lowest BCUT2D eigenvalue weighted by Gasteiger charge is -2.22. The van der Waals surface area contributed by atoms with E-state index in [4.69, 9.17) is 0 Å². The fourth-order valence-corrected chi connectivity index (χ4v) is 2.89. The van der Waals surface area contributed by atoms with E-state index in [-0.39, 0.29) is 11.9 Å². The first-order chi connectivity index (χ1) is 9.61. The number of rotatable bonds is 6. The third-order valence-electron chi connectivity index (χ3n) is 3.18. The van der Waals surface area contributed by atoms with E-state index in [1.807, 2.05) is 37.1 Å². The van der Waals surface area contributed by atoms with Crippen LogP contribution in [0.3, 0.4) is 0 Å². The summed E-state index contributed by atoms with van der Waals surface area (Å²) in [6.45, 7) is 6.65. The standard InChI is InChI=1S/C15H19N3OS/c1-4-9-16-15(19)11(2)18(3)10-14-17-12-7-5-6-8-13(12)20-14/h4-8,11H,1,9-10H2,2-3H3,(H,16,19)/t11-/m1/s1. The molecule has 0 fully saturated rings. The number of amides is 1. The van der Waals surface area contributed by atoms with E-state index in [2.05, 4.69) is 22.9 Å². The van der Waals surface area contributed by atoms with Crippen LogP contribution in [0.1, 0.15) is 11.9 Å². The van der Waals surface area contributed by atoms with Crippen LogP contribution in [0.2, 0.25) is 0 Å². The molecule has 1 atom stereocenters. The number of carbonyl (C=O) groups excluding carboxylic acids is 1. The lowest BCUT2D eigenvalue weighted by molar-refractivity contribution is -0.125. The summed E-state index contributed by atoms with van der Waals surface area (Å²) < 4.78 is 1.18. The Balaban J connectivity index is 2.01. The molecular formula is C15H19N3OS. The number of nitrogens with zero attached hydrogens (tertiary/aromatic N) is 2. The smallest absolute Gasteiger partial charge is 0.237 e. The van der Waals surface area contributed by atoms with Crippen molar-refractivity contribution in [2.45, 2.75) is 19.5 Å². The van der Waals surface area contributed by atoms with E-state index in [1.165, 1.54) is 4.70 Å². The Morgan fingerprint density at radius 3 is 3.00 bits per heavy atom. The molecule has 0 saturated heterocycles. The van der Waals surface area contributed by atoms with E-state index in [9.17, 15) is 4.79 Å². The zero-order valence-electron chi connectivity index (χ0n) is 11.8. The summed E-state index contributed by atoms with van der Waals surface area (Å²) in [5, 5.41) is 3.83. The van der Waals surface area contributed by atoms with Crippen LogP contribution in [0.15, 0.2) is 36.9 Å². The molecule has 0 spiro atoms. The Labute approximate surface area is 123 Å². The zero-order valence-corrected chi connectivity index (χ0v) is 12.6. The van der Waals surface area contributed by atoms with Gasteiger partial charge in [-0.3, -0.25) is 9.69 Å². The van der Waals surface area contributed by atoms with Crippen LogP contribution < -0.4 is 5.32 Å². The van der Waals surface area contributed by atoms with Crippen LogP contribution in [-0.4, -0.2) is 35.4 Å². The summed E-state index contributed by atoms with van der Waals surface area (Å²) in [4.78, 5) is 18.5. The second-order valence-corrected chi connectivity index (χ2v) is 5.82. The Bertz CT molecular complexity index is 575. The SMILES string of the molecule is C=CCNC(=O)[C@@H](C)N(C)Cc1nc2ccccc2s1. The van der Waals surface area contributed by atoms with Gasteiger partial charge in [-0.15, -0.1) is 17.9 Å². The number of benzene rings is 1. The largest absolute Gasteiger partial charge is 0.351 e.